The summed E-state index contributed by atoms with van der Waals surface area (Å²) < 4.78 is 0. The fraction of sp³-hybridized carbons (Fsp3) is 0.588. The number of benzene rings is 1. The van der Waals surface area contributed by atoms with Gasteiger partial charge in [-0.2, -0.15) is 0 Å². The lowest BCUT2D eigenvalue weighted by atomic mass is 9.70. The lowest BCUT2D eigenvalue weighted by Gasteiger charge is -2.36. The summed E-state index contributed by atoms with van der Waals surface area (Å²) in [6.07, 6.45) is 3.53. The molecule has 0 aromatic heterocycles. The van der Waals surface area contributed by atoms with E-state index >= 15 is 0 Å². The molecule has 3 rings (SSSR count). The molecule has 1 aromatic rings. The number of hydrogen-bond donors (Lipinski definition) is 2. The van der Waals surface area contributed by atoms with Crippen LogP contribution in [-0.4, -0.2) is 28.6 Å². The fourth-order valence-corrected chi connectivity index (χ4v) is 4.23. The number of aromatic hydroxyl groups is 1. The summed E-state index contributed by atoms with van der Waals surface area (Å²) in [6, 6.07) is 7.12. The van der Waals surface area contributed by atoms with E-state index in [1.54, 1.807) is 18.3 Å². The van der Waals surface area contributed by atoms with Crippen molar-refractivity contribution in [2.45, 2.75) is 45.8 Å². The van der Waals surface area contributed by atoms with E-state index in [1.807, 2.05) is 12.1 Å². The predicted octanol–water partition coefficient (Wildman–Crippen LogP) is 3.00. The van der Waals surface area contributed by atoms with Gasteiger partial charge in [-0.3, -0.25) is 4.99 Å². The summed E-state index contributed by atoms with van der Waals surface area (Å²) in [6.45, 7) is 6.69. The van der Waals surface area contributed by atoms with Crippen molar-refractivity contribution in [1.29, 1.82) is 0 Å². The third kappa shape index (κ3) is 1.65. The number of para-hydroxylation sites is 1. The van der Waals surface area contributed by atoms with Crippen LogP contribution in [0.5, 0.6) is 5.75 Å². The number of aliphatic hydroxyl groups excluding tert-OH is 1. The van der Waals surface area contributed by atoms with Crippen molar-refractivity contribution in [2.75, 3.05) is 0 Å². The third-order valence-corrected chi connectivity index (χ3v) is 6.08. The van der Waals surface area contributed by atoms with E-state index in [0.29, 0.717) is 11.5 Å². The Kier molecular flexibility index (Phi) is 2.94. The SMILES string of the molecule is CC1(C)C2CCC1(C)C(O)C2N=Cc1ccccc1O. The van der Waals surface area contributed by atoms with Gasteiger partial charge in [0.25, 0.3) is 0 Å². The number of phenols is 1. The maximum Gasteiger partial charge on any atom is 0.124 e. The molecule has 2 aliphatic carbocycles. The van der Waals surface area contributed by atoms with Gasteiger partial charge >= 0.3 is 0 Å². The summed E-state index contributed by atoms with van der Waals surface area (Å²) in [4.78, 5) is 4.62. The highest BCUT2D eigenvalue weighted by molar-refractivity contribution is 5.83. The zero-order valence-electron chi connectivity index (χ0n) is 12.4. The van der Waals surface area contributed by atoms with Gasteiger partial charge < -0.3 is 10.2 Å². The number of aliphatic imine (C=N–C) groups is 1. The highest BCUT2D eigenvalue weighted by atomic mass is 16.3. The van der Waals surface area contributed by atoms with Crippen LogP contribution < -0.4 is 0 Å². The Balaban J connectivity index is 1.88. The van der Waals surface area contributed by atoms with E-state index in [2.05, 4.69) is 25.8 Å². The van der Waals surface area contributed by atoms with E-state index < -0.39 is 6.10 Å². The molecule has 0 amide bonds. The van der Waals surface area contributed by atoms with Gasteiger partial charge in [-0.05, 0) is 36.3 Å². The Bertz CT molecular complexity index is 552. The zero-order valence-corrected chi connectivity index (χ0v) is 12.4. The lowest BCUT2D eigenvalue weighted by Crippen LogP contribution is -2.39. The lowest BCUT2D eigenvalue weighted by molar-refractivity contribution is 0.00624. The molecule has 2 bridgehead atoms. The van der Waals surface area contributed by atoms with Gasteiger partial charge in [0.2, 0.25) is 0 Å². The summed E-state index contributed by atoms with van der Waals surface area (Å²) in [5.74, 6) is 0.656. The van der Waals surface area contributed by atoms with Crippen molar-refractivity contribution >= 4 is 6.21 Å². The monoisotopic (exact) mass is 273 g/mol. The van der Waals surface area contributed by atoms with Crippen LogP contribution in [0, 0.1) is 16.7 Å². The smallest absolute Gasteiger partial charge is 0.124 e. The summed E-state index contributed by atoms with van der Waals surface area (Å²) in [5.41, 5.74) is 0.788. The molecule has 0 saturated heterocycles. The summed E-state index contributed by atoms with van der Waals surface area (Å²) in [7, 11) is 0. The molecule has 2 fully saturated rings. The second-order valence-corrected chi connectivity index (χ2v) is 7.06. The number of rotatable bonds is 2. The zero-order chi connectivity index (χ0) is 14.5. The average molecular weight is 273 g/mol. The first-order valence-electron chi connectivity index (χ1n) is 7.37. The second kappa shape index (κ2) is 4.32. The van der Waals surface area contributed by atoms with Crippen LogP contribution in [0.4, 0.5) is 0 Å². The van der Waals surface area contributed by atoms with Crippen molar-refractivity contribution in [1.82, 2.24) is 0 Å². The number of aliphatic hydroxyl groups is 1. The van der Waals surface area contributed by atoms with Gasteiger partial charge in [-0.15, -0.1) is 0 Å². The van der Waals surface area contributed by atoms with Crippen molar-refractivity contribution < 1.29 is 10.2 Å². The Labute approximate surface area is 120 Å². The molecular formula is C17H23NO2. The number of hydrogen-bond acceptors (Lipinski definition) is 3. The highest BCUT2D eigenvalue weighted by Gasteiger charge is 2.65. The molecule has 20 heavy (non-hydrogen) atoms. The Morgan fingerprint density at radius 2 is 1.95 bits per heavy atom. The molecule has 4 atom stereocenters. The fourth-order valence-electron chi connectivity index (χ4n) is 4.23. The maximum atomic E-state index is 10.6. The van der Waals surface area contributed by atoms with Gasteiger partial charge in [0.15, 0.2) is 0 Å². The Hall–Kier alpha value is -1.35. The molecule has 4 unspecified atom stereocenters. The quantitative estimate of drug-likeness (QED) is 0.814. The first-order valence-corrected chi connectivity index (χ1v) is 7.37. The van der Waals surface area contributed by atoms with Crippen molar-refractivity contribution in [2.24, 2.45) is 21.7 Å². The Morgan fingerprint density at radius 3 is 2.55 bits per heavy atom. The molecule has 0 aliphatic heterocycles. The van der Waals surface area contributed by atoms with Crippen LogP contribution >= 0.6 is 0 Å². The Morgan fingerprint density at radius 1 is 1.25 bits per heavy atom. The van der Waals surface area contributed by atoms with Gasteiger partial charge in [0.1, 0.15) is 5.75 Å². The van der Waals surface area contributed by atoms with Gasteiger partial charge in [-0.1, -0.05) is 32.9 Å². The number of nitrogens with zero attached hydrogens (tertiary/aromatic N) is 1. The van der Waals surface area contributed by atoms with Gasteiger partial charge in [-0.25, -0.2) is 0 Å². The number of fused-ring (bicyclic) bond motifs is 2. The maximum absolute atomic E-state index is 10.6. The summed E-state index contributed by atoms with van der Waals surface area (Å²) >= 11 is 0. The van der Waals surface area contributed by atoms with Crippen LogP contribution in [0.15, 0.2) is 29.3 Å². The molecule has 108 valence electrons. The molecule has 0 heterocycles. The number of phenolic OH excluding ortho intramolecular Hbond substituents is 1. The van der Waals surface area contributed by atoms with Crippen molar-refractivity contribution in [3.8, 4) is 5.75 Å². The summed E-state index contributed by atoms with van der Waals surface area (Å²) in [5, 5.41) is 20.4. The van der Waals surface area contributed by atoms with E-state index in [-0.39, 0.29) is 22.6 Å². The molecule has 3 heteroatoms. The minimum absolute atomic E-state index is 0.0432. The second-order valence-electron chi connectivity index (χ2n) is 7.06. The average Bonchev–Trinajstić information content (AvgIpc) is 2.71. The highest BCUT2D eigenvalue weighted by Crippen LogP contribution is 2.66. The normalized spacial score (nSPS) is 38.7. The predicted molar refractivity (Wildman–Crippen MR) is 80.1 cm³/mol. The van der Waals surface area contributed by atoms with Crippen LogP contribution in [-0.2, 0) is 0 Å². The van der Waals surface area contributed by atoms with Gasteiger partial charge in [0.05, 0.1) is 12.1 Å². The van der Waals surface area contributed by atoms with Crippen LogP contribution in [0.25, 0.3) is 0 Å². The molecule has 3 nitrogen and oxygen atoms in total. The molecule has 2 aliphatic rings. The topological polar surface area (TPSA) is 52.8 Å². The van der Waals surface area contributed by atoms with Crippen LogP contribution in [0.2, 0.25) is 0 Å². The first-order chi connectivity index (χ1) is 9.38. The molecule has 1 aromatic carbocycles. The van der Waals surface area contributed by atoms with Gasteiger partial charge in [0, 0.05) is 17.2 Å². The molecule has 2 saturated carbocycles. The standard InChI is InChI=1S/C17H23NO2/c1-16(2)12-8-9-17(16,3)15(20)14(12)18-10-11-6-4-5-7-13(11)19/h4-7,10,12,14-15,19-20H,8-9H2,1-3H3. The molecular weight excluding hydrogens is 250 g/mol. The van der Waals surface area contributed by atoms with Crippen molar-refractivity contribution in [3.63, 3.8) is 0 Å². The van der Waals surface area contributed by atoms with E-state index in [0.717, 1.165) is 12.8 Å². The van der Waals surface area contributed by atoms with E-state index in [1.165, 1.54) is 0 Å². The molecule has 0 radical (unpaired) electrons. The molecule has 0 spiro atoms. The first kappa shape index (κ1) is 13.6. The van der Waals surface area contributed by atoms with Crippen LogP contribution in [0.3, 0.4) is 0 Å². The van der Waals surface area contributed by atoms with Crippen LogP contribution in [0.1, 0.15) is 39.2 Å². The third-order valence-electron chi connectivity index (χ3n) is 6.08. The minimum Gasteiger partial charge on any atom is -0.507 e. The largest absolute Gasteiger partial charge is 0.507 e. The molecule has 2 N–H and O–H groups in total. The minimum atomic E-state index is -0.390. The van der Waals surface area contributed by atoms with Crippen molar-refractivity contribution in [3.05, 3.63) is 29.8 Å². The van der Waals surface area contributed by atoms with E-state index in [9.17, 15) is 10.2 Å². The van der Waals surface area contributed by atoms with E-state index in [4.69, 9.17) is 0 Å².